The molecule has 2 aromatic heterocycles. The van der Waals surface area contributed by atoms with Crippen molar-refractivity contribution in [3.63, 3.8) is 0 Å². The van der Waals surface area contributed by atoms with E-state index in [1.807, 2.05) is 4.90 Å². The van der Waals surface area contributed by atoms with E-state index >= 15 is 0 Å². The van der Waals surface area contributed by atoms with Gasteiger partial charge in [-0.2, -0.15) is 20.1 Å². The lowest BCUT2D eigenvalue weighted by atomic mass is 10.2. The zero-order chi connectivity index (χ0) is 14.7. The molecule has 0 saturated heterocycles. The van der Waals surface area contributed by atoms with E-state index in [1.165, 1.54) is 12.8 Å². The smallest absolute Gasteiger partial charge is 0.257 e. The van der Waals surface area contributed by atoms with Crippen LogP contribution in [0.15, 0.2) is 18.5 Å². The Bertz CT molecular complexity index is 580. The lowest BCUT2D eigenvalue weighted by Gasteiger charge is -2.28. The van der Waals surface area contributed by atoms with Gasteiger partial charge in [0, 0.05) is 25.0 Å². The molecule has 1 fully saturated rings. The molecule has 2 heterocycles. The summed E-state index contributed by atoms with van der Waals surface area (Å²) in [5.41, 5.74) is 5.81. The largest absolute Gasteiger partial charge is 0.395 e. The molecule has 21 heavy (non-hydrogen) atoms. The van der Waals surface area contributed by atoms with Crippen LogP contribution in [0, 0.1) is 0 Å². The van der Waals surface area contributed by atoms with Gasteiger partial charge in [-0.15, -0.1) is 0 Å². The first-order valence-electron chi connectivity index (χ1n) is 7.17. The summed E-state index contributed by atoms with van der Waals surface area (Å²) in [4.78, 5) is 14.8. The van der Waals surface area contributed by atoms with Gasteiger partial charge in [-0.05, 0) is 18.9 Å². The molecule has 0 spiro atoms. The van der Waals surface area contributed by atoms with Crippen LogP contribution in [0.4, 0.5) is 11.9 Å². The Hall–Kier alpha value is -2.22. The van der Waals surface area contributed by atoms with Crippen molar-refractivity contribution in [1.29, 1.82) is 0 Å². The van der Waals surface area contributed by atoms with Crippen molar-refractivity contribution in [2.24, 2.45) is 0 Å². The number of nitrogen functional groups attached to an aromatic ring is 1. The molecule has 2 aromatic rings. The molecule has 3 rings (SSSR count). The van der Waals surface area contributed by atoms with Gasteiger partial charge in [0.25, 0.3) is 5.95 Å². The molecule has 8 nitrogen and oxygen atoms in total. The van der Waals surface area contributed by atoms with Crippen LogP contribution >= 0.6 is 0 Å². The van der Waals surface area contributed by atoms with Crippen molar-refractivity contribution in [3.05, 3.63) is 18.5 Å². The van der Waals surface area contributed by atoms with Gasteiger partial charge in [-0.25, -0.2) is 4.68 Å². The first kappa shape index (κ1) is 13.7. The summed E-state index contributed by atoms with van der Waals surface area (Å²) < 4.78 is 1.55. The minimum absolute atomic E-state index is 0.0548. The van der Waals surface area contributed by atoms with E-state index in [2.05, 4.69) is 20.1 Å². The molecular weight excluding hydrogens is 270 g/mol. The molecule has 1 aliphatic rings. The van der Waals surface area contributed by atoms with Gasteiger partial charge in [0.2, 0.25) is 11.9 Å². The third-order valence-corrected chi connectivity index (χ3v) is 3.70. The molecule has 3 N–H and O–H groups in total. The van der Waals surface area contributed by atoms with E-state index < -0.39 is 0 Å². The average molecular weight is 289 g/mol. The fraction of sp³-hybridized carbons (Fsp3) is 0.538. The maximum atomic E-state index is 9.32. The number of nitrogens with two attached hydrogens (primary N) is 1. The highest BCUT2D eigenvalue weighted by molar-refractivity contribution is 5.39. The number of anilines is 2. The molecular formula is C13H19N7O. The predicted molar refractivity (Wildman–Crippen MR) is 78.0 cm³/mol. The lowest BCUT2D eigenvalue weighted by Crippen LogP contribution is -2.37. The second-order valence-corrected chi connectivity index (χ2v) is 5.10. The molecule has 0 amide bonds. The van der Waals surface area contributed by atoms with Crippen molar-refractivity contribution < 1.29 is 5.11 Å². The van der Waals surface area contributed by atoms with E-state index in [0.717, 1.165) is 12.8 Å². The van der Waals surface area contributed by atoms with Crippen LogP contribution in [0.25, 0.3) is 5.95 Å². The van der Waals surface area contributed by atoms with Crippen LogP contribution in [0.3, 0.4) is 0 Å². The molecule has 8 heteroatoms. The van der Waals surface area contributed by atoms with E-state index in [0.29, 0.717) is 24.5 Å². The van der Waals surface area contributed by atoms with Gasteiger partial charge in [0.05, 0.1) is 6.61 Å². The Labute approximate surface area is 122 Å². The monoisotopic (exact) mass is 289 g/mol. The van der Waals surface area contributed by atoms with Crippen LogP contribution in [-0.2, 0) is 0 Å². The number of aliphatic hydroxyl groups excluding tert-OH is 1. The highest BCUT2D eigenvalue weighted by Crippen LogP contribution is 2.26. The predicted octanol–water partition coefficient (Wildman–Crippen LogP) is 0.381. The Morgan fingerprint density at radius 1 is 1.29 bits per heavy atom. The first-order valence-corrected chi connectivity index (χ1v) is 7.17. The van der Waals surface area contributed by atoms with Crippen LogP contribution < -0.4 is 10.6 Å². The van der Waals surface area contributed by atoms with Crippen LogP contribution in [-0.4, -0.2) is 49.0 Å². The van der Waals surface area contributed by atoms with Gasteiger partial charge < -0.3 is 15.7 Å². The summed E-state index contributed by atoms with van der Waals surface area (Å²) >= 11 is 0. The summed E-state index contributed by atoms with van der Waals surface area (Å²) in [6.45, 7) is 0.547. The Morgan fingerprint density at radius 2 is 2.10 bits per heavy atom. The van der Waals surface area contributed by atoms with Crippen molar-refractivity contribution in [2.45, 2.75) is 31.7 Å². The summed E-state index contributed by atoms with van der Waals surface area (Å²) in [7, 11) is 0. The molecule has 0 bridgehead atoms. The quantitative estimate of drug-likeness (QED) is 0.819. The summed E-state index contributed by atoms with van der Waals surface area (Å²) in [6, 6.07) is 2.15. The van der Waals surface area contributed by atoms with Gasteiger partial charge >= 0.3 is 0 Å². The molecule has 1 saturated carbocycles. The Morgan fingerprint density at radius 3 is 2.76 bits per heavy atom. The number of aromatic nitrogens is 5. The van der Waals surface area contributed by atoms with Crippen LogP contribution in [0.2, 0.25) is 0 Å². The molecule has 112 valence electrons. The fourth-order valence-electron chi connectivity index (χ4n) is 2.76. The third kappa shape index (κ3) is 2.94. The van der Waals surface area contributed by atoms with Crippen LogP contribution in [0.5, 0.6) is 0 Å². The second-order valence-electron chi connectivity index (χ2n) is 5.10. The number of aliphatic hydroxyl groups is 1. The first-order chi connectivity index (χ1) is 10.3. The van der Waals surface area contributed by atoms with Crippen molar-refractivity contribution in [2.75, 3.05) is 23.8 Å². The standard InChI is InChI=1S/C13H19N7O/c14-11-16-12(18-13(17-11)20-7-3-6-15-20)19(8-9-21)10-4-1-2-5-10/h3,6-7,10,21H,1-2,4-5,8-9H2,(H2,14,16,17,18). The molecule has 0 aliphatic heterocycles. The molecule has 0 atom stereocenters. The molecule has 0 aromatic carbocycles. The fourth-order valence-corrected chi connectivity index (χ4v) is 2.76. The Balaban J connectivity index is 1.95. The van der Waals surface area contributed by atoms with Gasteiger partial charge in [0.15, 0.2) is 0 Å². The molecule has 1 aliphatic carbocycles. The topological polar surface area (TPSA) is 106 Å². The van der Waals surface area contributed by atoms with Crippen molar-refractivity contribution in [3.8, 4) is 5.95 Å². The van der Waals surface area contributed by atoms with Crippen molar-refractivity contribution in [1.82, 2.24) is 24.7 Å². The summed E-state index contributed by atoms with van der Waals surface area (Å²) in [6.07, 6.45) is 7.97. The number of rotatable bonds is 5. The van der Waals surface area contributed by atoms with Crippen molar-refractivity contribution >= 4 is 11.9 Å². The highest BCUT2D eigenvalue weighted by atomic mass is 16.3. The van der Waals surface area contributed by atoms with Gasteiger partial charge in [-0.3, -0.25) is 0 Å². The van der Waals surface area contributed by atoms with Gasteiger partial charge in [-0.1, -0.05) is 12.8 Å². The minimum Gasteiger partial charge on any atom is -0.395 e. The zero-order valence-electron chi connectivity index (χ0n) is 11.8. The maximum absolute atomic E-state index is 9.32. The highest BCUT2D eigenvalue weighted by Gasteiger charge is 2.25. The SMILES string of the molecule is Nc1nc(N(CCO)C2CCCC2)nc(-n2cccn2)n1. The van der Waals surface area contributed by atoms with E-state index in [1.54, 1.807) is 23.1 Å². The molecule has 0 radical (unpaired) electrons. The average Bonchev–Trinajstić information content (AvgIpc) is 3.16. The number of hydrogen-bond acceptors (Lipinski definition) is 7. The maximum Gasteiger partial charge on any atom is 0.257 e. The lowest BCUT2D eigenvalue weighted by molar-refractivity contribution is 0.296. The summed E-state index contributed by atoms with van der Waals surface area (Å²) in [5, 5.41) is 13.4. The second kappa shape index (κ2) is 6.04. The molecule has 0 unspecified atom stereocenters. The van der Waals surface area contributed by atoms with E-state index in [9.17, 15) is 5.11 Å². The minimum atomic E-state index is 0.0548. The Kier molecular flexibility index (Phi) is 3.96. The number of nitrogens with zero attached hydrogens (tertiary/aromatic N) is 6. The normalized spacial score (nSPS) is 15.5. The van der Waals surface area contributed by atoms with E-state index in [4.69, 9.17) is 5.73 Å². The van der Waals surface area contributed by atoms with Crippen LogP contribution in [0.1, 0.15) is 25.7 Å². The number of hydrogen-bond donors (Lipinski definition) is 2. The summed E-state index contributed by atoms with van der Waals surface area (Å²) in [5.74, 6) is 1.06. The third-order valence-electron chi connectivity index (χ3n) is 3.70. The van der Waals surface area contributed by atoms with E-state index in [-0.39, 0.29) is 12.6 Å². The van der Waals surface area contributed by atoms with Gasteiger partial charge in [0.1, 0.15) is 0 Å². The zero-order valence-corrected chi connectivity index (χ0v) is 11.8.